The lowest BCUT2D eigenvalue weighted by Crippen LogP contribution is -2.49. The SMILES string of the molecule is COC(=O)[C@H](Cc1ccccc1)N1C(=O)[C@@H](N)CC1C. The Morgan fingerprint density at radius 1 is 1.45 bits per heavy atom. The lowest BCUT2D eigenvalue weighted by molar-refractivity contribution is -0.152. The largest absolute Gasteiger partial charge is 0.467 e. The monoisotopic (exact) mass is 276 g/mol. The molecular formula is C15H20N2O3. The van der Waals surface area contributed by atoms with Crippen molar-refractivity contribution < 1.29 is 14.3 Å². The lowest BCUT2D eigenvalue weighted by Gasteiger charge is -2.29. The van der Waals surface area contributed by atoms with E-state index in [1.807, 2.05) is 37.3 Å². The summed E-state index contributed by atoms with van der Waals surface area (Å²) >= 11 is 0. The van der Waals surface area contributed by atoms with Crippen molar-refractivity contribution >= 4 is 11.9 Å². The van der Waals surface area contributed by atoms with Crippen molar-refractivity contribution in [3.8, 4) is 0 Å². The number of carbonyl (C=O) groups is 2. The van der Waals surface area contributed by atoms with Gasteiger partial charge in [-0.3, -0.25) is 4.79 Å². The molecule has 2 rings (SSSR count). The number of hydrogen-bond acceptors (Lipinski definition) is 4. The molecule has 5 nitrogen and oxygen atoms in total. The summed E-state index contributed by atoms with van der Waals surface area (Å²) in [6.07, 6.45) is 1.01. The number of nitrogens with two attached hydrogens (primary N) is 1. The average molecular weight is 276 g/mol. The van der Waals surface area contributed by atoms with Crippen molar-refractivity contribution in [1.29, 1.82) is 0 Å². The number of rotatable bonds is 4. The molecule has 1 aromatic rings. The molecule has 0 spiro atoms. The third-order valence-corrected chi connectivity index (χ3v) is 3.72. The highest BCUT2D eigenvalue weighted by Gasteiger charge is 2.42. The van der Waals surface area contributed by atoms with Crippen LogP contribution >= 0.6 is 0 Å². The Morgan fingerprint density at radius 3 is 2.60 bits per heavy atom. The first-order chi connectivity index (χ1) is 9.54. The van der Waals surface area contributed by atoms with Crippen LogP contribution in [0.3, 0.4) is 0 Å². The molecular weight excluding hydrogens is 256 g/mol. The van der Waals surface area contributed by atoms with Crippen molar-refractivity contribution in [2.45, 2.75) is 37.9 Å². The molecule has 3 atom stereocenters. The van der Waals surface area contributed by atoms with Crippen molar-refractivity contribution in [3.63, 3.8) is 0 Å². The second kappa shape index (κ2) is 6.05. The van der Waals surface area contributed by atoms with Crippen molar-refractivity contribution in [2.75, 3.05) is 7.11 Å². The van der Waals surface area contributed by atoms with Crippen LogP contribution < -0.4 is 5.73 Å². The zero-order valence-electron chi connectivity index (χ0n) is 11.8. The Hall–Kier alpha value is -1.88. The van der Waals surface area contributed by atoms with Crippen LogP contribution in [0, 0.1) is 0 Å². The fourth-order valence-corrected chi connectivity index (χ4v) is 2.72. The molecule has 20 heavy (non-hydrogen) atoms. The molecule has 1 amide bonds. The number of nitrogens with zero attached hydrogens (tertiary/aromatic N) is 1. The zero-order chi connectivity index (χ0) is 14.7. The van der Waals surface area contributed by atoms with Crippen LogP contribution in [0.1, 0.15) is 18.9 Å². The molecule has 108 valence electrons. The minimum absolute atomic E-state index is 0.0506. The van der Waals surface area contributed by atoms with Crippen molar-refractivity contribution in [2.24, 2.45) is 5.73 Å². The Balaban J connectivity index is 2.24. The van der Waals surface area contributed by atoms with Crippen LogP contribution in [0.15, 0.2) is 30.3 Å². The number of benzene rings is 1. The first kappa shape index (κ1) is 14.5. The summed E-state index contributed by atoms with van der Waals surface area (Å²) in [7, 11) is 1.34. The van der Waals surface area contributed by atoms with E-state index in [1.165, 1.54) is 7.11 Å². The van der Waals surface area contributed by atoms with Crippen LogP contribution in [-0.4, -0.2) is 42.0 Å². The van der Waals surface area contributed by atoms with Gasteiger partial charge in [0.15, 0.2) is 0 Å². The summed E-state index contributed by atoms with van der Waals surface area (Å²) in [6, 6.07) is 8.41. The molecule has 0 radical (unpaired) electrons. The Labute approximate surface area is 118 Å². The molecule has 1 saturated heterocycles. The number of methoxy groups -OCH3 is 1. The fourth-order valence-electron chi connectivity index (χ4n) is 2.72. The van der Waals surface area contributed by atoms with E-state index in [4.69, 9.17) is 10.5 Å². The van der Waals surface area contributed by atoms with Gasteiger partial charge in [0.05, 0.1) is 13.2 Å². The molecule has 1 aromatic carbocycles. The highest BCUT2D eigenvalue weighted by atomic mass is 16.5. The normalized spacial score (nSPS) is 23.8. The number of esters is 1. The minimum Gasteiger partial charge on any atom is -0.467 e. The standard InChI is InChI=1S/C15H20N2O3/c1-10-8-12(16)14(18)17(10)13(15(19)20-2)9-11-6-4-3-5-7-11/h3-7,10,12-13H,8-9,16H2,1-2H3/t10?,12-,13-/m0/s1. The van der Waals surface area contributed by atoms with Gasteiger partial charge in [0, 0.05) is 12.5 Å². The van der Waals surface area contributed by atoms with Gasteiger partial charge in [-0.1, -0.05) is 30.3 Å². The summed E-state index contributed by atoms with van der Waals surface area (Å²) in [5, 5.41) is 0. The predicted octanol–water partition coefficient (Wildman–Crippen LogP) is 0.719. The van der Waals surface area contributed by atoms with E-state index in [0.717, 1.165) is 5.56 Å². The van der Waals surface area contributed by atoms with E-state index < -0.39 is 18.1 Å². The van der Waals surface area contributed by atoms with Gasteiger partial charge >= 0.3 is 5.97 Å². The first-order valence-corrected chi connectivity index (χ1v) is 6.74. The maximum Gasteiger partial charge on any atom is 0.328 e. The van der Waals surface area contributed by atoms with E-state index in [1.54, 1.807) is 4.90 Å². The fraction of sp³-hybridized carbons (Fsp3) is 0.467. The van der Waals surface area contributed by atoms with E-state index in [-0.39, 0.29) is 11.9 Å². The Bertz CT molecular complexity index is 489. The third kappa shape index (κ3) is 2.82. The number of ether oxygens (including phenoxy) is 1. The number of likely N-dealkylation sites (tertiary alicyclic amines) is 1. The average Bonchev–Trinajstić information content (AvgIpc) is 2.70. The molecule has 0 saturated carbocycles. The third-order valence-electron chi connectivity index (χ3n) is 3.72. The van der Waals surface area contributed by atoms with Crippen LogP contribution in [0.25, 0.3) is 0 Å². The van der Waals surface area contributed by atoms with Gasteiger partial charge in [-0.15, -0.1) is 0 Å². The molecule has 1 aliphatic rings. The smallest absolute Gasteiger partial charge is 0.328 e. The van der Waals surface area contributed by atoms with E-state index in [0.29, 0.717) is 12.8 Å². The van der Waals surface area contributed by atoms with Gasteiger partial charge in [0.2, 0.25) is 5.91 Å². The molecule has 5 heteroatoms. The van der Waals surface area contributed by atoms with Gasteiger partial charge in [-0.2, -0.15) is 0 Å². The molecule has 2 N–H and O–H groups in total. The van der Waals surface area contributed by atoms with Gasteiger partial charge < -0.3 is 15.4 Å². The van der Waals surface area contributed by atoms with E-state index >= 15 is 0 Å². The van der Waals surface area contributed by atoms with E-state index in [9.17, 15) is 9.59 Å². The summed E-state index contributed by atoms with van der Waals surface area (Å²) in [5.74, 6) is -0.577. The highest BCUT2D eigenvalue weighted by molar-refractivity contribution is 5.89. The quantitative estimate of drug-likeness (QED) is 0.822. The molecule has 1 unspecified atom stereocenters. The van der Waals surface area contributed by atoms with E-state index in [2.05, 4.69) is 0 Å². The number of hydrogen-bond donors (Lipinski definition) is 1. The maximum absolute atomic E-state index is 12.2. The second-order valence-corrected chi connectivity index (χ2v) is 5.17. The Kier molecular flexibility index (Phi) is 4.39. The highest BCUT2D eigenvalue weighted by Crippen LogP contribution is 2.23. The van der Waals surface area contributed by atoms with Gasteiger partial charge in [0.25, 0.3) is 0 Å². The van der Waals surface area contributed by atoms with Crippen LogP contribution in [0.2, 0.25) is 0 Å². The lowest BCUT2D eigenvalue weighted by atomic mass is 10.0. The number of amides is 1. The van der Waals surface area contributed by atoms with Gasteiger partial charge in [-0.25, -0.2) is 4.79 Å². The summed E-state index contributed by atoms with van der Waals surface area (Å²) in [6.45, 7) is 1.91. The van der Waals surface area contributed by atoms with Crippen molar-refractivity contribution in [1.82, 2.24) is 4.90 Å². The number of carbonyl (C=O) groups excluding carboxylic acids is 2. The molecule has 1 aliphatic heterocycles. The molecule has 0 bridgehead atoms. The molecule has 1 heterocycles. The van der Waals surface area contributed by atoms with Gasteiger partial charge in [-0.05, 0) is 18.9 Å². The minimum atomic E-state index is -0.613. The maximum atomic E-state index is 12.2. The second-order valence-electron chi connectivity index (χ2n) is 5.17. The summed E-state index contributed by atoms with van der Waals surface area (Å²) in [4.78, 5) is 25.8. The summed E-state index contributed by atoms with van der Waals surface area (Å²) < 4.78 is 4.86. The zero-order valence-corrected chi connectivity index (χ0v) is 11.8. The first-order valence-electron chi connectivity index (χ1n) is 6.74. The van der Waals surface area contributed by atoms with Crippen LogP contribution in [0.4, 0.5) is 0 Å². The summed E-state index contributed by atoms with van der Waals surface area (Å²) in [5.41, 5.74) is 6.78. The molecule has 0 aliphatic carbocycles. The Morgan fingerprint density at radius 2 is 2.10 bits per heavy atom. The van der Waals surface area contributed by atoms with Crippen molar-refractivity contribution in [3.05, 3.63) is 35.9 Å². The molecule has 1 fully saturated rings. The molecule has 0 aromatic heterocycles. The topological polar surface area (TPSA) is 72.6 Å². The van der Waals surface area contributed by atoms with Crippen LogP contribution in [-0.2, 0) is 20.7 Å². The van der Waals surface area contributed by atoms with Gasteiger partial charge in [0.1, 0.15) is 6.04 Å². The van der Waals surface area contributed by atoms with Crippen LogP contribution in [0.5, 0.6) is 0 Å². The predicted molar refractivity (Wildman–Crippen MR) is 74.9 cm³/mol.